The van der Waals surface area contributed by atoms with E-state index in [1.807, 2.05) is 54.6 Å². The average molecular weight is 334 g/mol. The molecule has 2 nitrogen and oxygen atoms in total. The first-order valence-electron chi connectivity index (χ1n) is 8.17. The summed E-state index contributed by atoms with van der Waals surface area (Å²) >= 11 is 0. The van der Waals surface area contributed by atoms with Gasteiger partial charge in [-0.1, -0.05) is 91.0 Å². The molecule has 0 heterocycles. The van der Waals surface area contributed by atoms with Crippen molar-refractivity contribution < 1.29 is 8.85 Å². The summed E-state index contributed by atoms with van der Waals surface area (Å²) in [6, 6.07) is 30.8. The summed E-state index contributed by atoms with van der Waals surface area (Å²) in [6.45, 7) is 3.24. The van der Waals surface area contributed by atoms with Gasteiger partial charge in [0.05, 0.1) is 13.2 Å². The lowest BCUT2D eigenvalue weighted by molar-refractivity contribution is 0.170. The fourth-order valence-corrected chi connectivity index (χ4v) is 4.64. The zero-order chi connectivity index (χ0) is 16.7. The van der Waals surface area contributed by atoms with Gasteiger partial charge >= 0.3 is 8.56 Å². The molecule has 3 rings (SSSR count). The fourth-order valence-electron chi connectivity index (χ4n) is 2.54. The molecule has 0 bridgehead atoms. The van der Waals surface area contributed by atoms with Crippen LogP contribution in [0, 0.1) is 0 Å². The third-order valence-corrected chi connectivity index (χ3v) is 6.78. The van der Waals surface area contributed by atoms with Crippen molar-refractivity contribution in [1.29, 1.82) is 0 Å². The molecule has 0 saturated heterocycles. The predicted molar refractivity (Wildman–Crippen MR) is 100 cm³/mol. The Morgan fingerprint density at radius 1 is 0.583 bits per heavy atom. The van der Waals surface area contributed by atoms with E-state index in [4.69, 9.17) is 8.85 Å². The Balaban J connectivity index is 1.75. The SMILES string of the molecule is C[Si](OCc1ccccc1)(OCc1ccccc1)c1ccccc1. The molecule has 0 radical (unpaired) electrons. The fraction of sp³-hybridized carbons (Fsp3) is 0.143. The zero-order valence-electron chi connectivity index (χ0n) is 13.9. The lowest BCUT2D eigenvalue weighted by atomic mass is 10.2. The molecule has 0 unspecified atom stereocenters. The normalized spacial score (nSPS) is 11.4. The monoisotopic (exact) mass is 334 g/mol. The van der Waals surface area contributed by atoms with Gasteiger partial charge < -0.3 is 8.85 Å². The Kier molecular flexibility index (Phi) is 5.59. The maximum Gasteiger partial charge on any atom is 0.369 e. The molecule has 0 saturated carbocycles. The van der Waals surface area contributed by atoms with Crippen molar-refractivity contribution in [1.82, 2.24) is 0 Å². The summed E-state index contributed by atoms with van der Waals surface area (Å²) in [5, 5.41) is 1.15. The van der Waals surface area contributed by atoms with E-state index in [1.165, 1.54) is 0 Å². The van der Waals surface area contributed by atoms with Crippen molar-refractivity contribution in [2.45, 2.75) is 19.8 Å². The molecule has 0 aliphatic rings. The first-order chi connectivity index (χ1) is 11.8. The van der Waals surface area contributed by atoms with Gasteiger partial charge in [0.1, 0.15) is 0 Å². The molecule has 0 spiro atoms. The number of rotatable bonds is 7. The minimum Gasteiger partial charge on any atom is -0.387 e. The largest absolute Gasteiger partial charge is 0.387 e. The van der Waals surface area contributed by atoms with Crippen molar-refractivity contribution in [3.05, 3.63) is 102 Å². The number of benzene rings is 3. The topological polar surface area (TPSA) is 18.5 Å². The van der Waals surface area contributed by atoms with Gasteiger partial charge in [-0.3, -0.25) is 0 Å². The van der Waals surface area contributed by atoms with Crippen LogP contribution >= 0.6 is 0 Å². The lowest BCUT2D eigenvalue weighted by Gasteiger charge is -2.27. The first-order valence-corrected chi connectivity index (χ1v) is 10.5. The van der Waals surface area contributed by atoms with E-state index in [1.54, 1.807) is 0 Å². The highest BCUT2D eigenvalue weighted by molar-refractivity contribution is 6.79. The van der Waals surface area contributed by atoms with E-state index in [0.717, 1.165) is 16.3 Å². The summed E-state index contributed by atoms with van der Waals surface area (Å²) < 4.78 is 12.7. The molecule has 0 fully saturated rings. The number of hydrogen-bond acceptors (Lipinski definition) is 2. The highest BCUT2D eigenvalue weighted by atomic mass is 28.4. The van der Waals surface area contributed by atoms with Gasteiger partial charge in [0.2, 0.25) is 0 Å². The standard InChI is InChI=1S/C21H22O2Si/c1-24(21-15-9-4-10-16-21,22-17-19-11-5-2-6-12-19)23-18-20-13-7-3-8-14-20/h2-16H,17-18H2,1H3. The smallest absolute Gasteiger partial charge is 0.369 e. The van der Waals surface area contributed by atoms with Crippen molar-refractivity contribution in [3.63, 3.8) is 0 Å². The third-order valence-electron chi connectivity index (χ3n) is 4.01. The van der Waals surface area contributed by atoms with Gasteiger partial charge in [0, 0.05) is 0 Å². The maximum absolute atomic E-state index is 6.34. The second-order valence-corrected chi connectivity index (χ2v) is 8.91. The molecule has 0 atom stereocenters. The Morgan fingerprint density at radius 3 is 1.38 bits per heavy atom. The highest BCUT2D eigenvalue weighted by Gasteiger charge is 2.34. The Labute approximate surface area is 144 Å². The van der Waals surface area contributed by atoms with Gasteiger partial charge in [-0.05, 0) is 22.9 Å². The van der Waals surface area contributed by atoms with E-state index < -0.39 is 8.56 Å². The molecule has 3 heteroatoms. The quantitative estimate of drug-likeness (QED) is 0.596. The molecule has 3 aromatic carbocycles. The summed E-state index contributed by atoms with van der Waals surface area (Å²) in [4.78, 5) is 0. The first kappa shape index (κ1) is 16.6. The van der Waals surface area contributed by atoms with Crippen LogP contribution in [0.3, 0.4) is 0 Å². The van der Waals surface area contributed by atoms with Crippen LogP contribution in [0.5, 0.6) is 0 Å². The highest BCUT2D eigenvalue weighted by Crippen LogP contribution is 2.15. The van der Waals surface area contributed by atoms with Gasteiger partial charge in [-0.15, -0.1) is 0 Å². The Morgan fingerprint density at radius 2 is 0.958 bits per heavy atom. The summed E-state index contributed by atoms with van der Waals surface area (Å²) in [6.07, 6.45) is 0. The zero-order valence-corrected chi connectivity index (χ0v) is 14.9. The van der Waals surface area contributed by atoms with Crippen LogP contribution in [0.2, 0.25) is 6.55 Å². The van der Waals surface area contributed by atoms with Crippen LogP contribution in [-0.2, 0) is 22.1 Å². The van der Waals surface area contributed by atoms with Crippen molar-refractivity contribution >= 4 is 13.7 Å². The van der Waals surface area contributed by atoms with Crippen LogP contribution in [0.1, 0.15) is 11.1 Å². The molecule has 0 N–H and O–H groups in total. The van der Waals surface area contributed by atoms with E-state index >= 15 is 0 Å². The summed E-state index contributed by atoms with van der Waals surface area (Å²) in [7, 11) is -2.49. The summed E-state index contributed by atoms with van der Waals surface area (Å²) in [5.74, 6) is 0. The molecule has 0 aromatic heterocycles. The van der Waals surface area contributed by atoms with Crippen LogP contribution in [0.25, 0.3) is 0 Å². The van der Waals surface area contributed by atoms with E-state index in [0.29, 0.717) is 13.2 Å². The minimum atomic E-state index is -2.49. The number of hydrogen-bond donors (Lipinski definition) is 0. The molecular formula is C21H22O2Si. The molecular weight excluding hydrogens is 312 g/mol. The van der Waals surface area contributed by atoms with Crippen LogP contribution < -0.4 is 5.19 Å². The summed E-state index contributed by atoms with van der Waals surface area (Å²) in [5.41, 5.74) is 2.32. The molecule has 24 heavy (non-hydrogen) atoms. The van der Waals surface area contributed by atoms with E-state index in [-0.39, 0.29) is 0 Å². The molecule has 3 aromatic rings. The van der Waals surface area contributed by atoms with E-state index in [2.05, 4.69) is 42.9 Å². The molecule has 0 aliphatic carbocycles. The minimum absolute atomic E-state index is 0.563. The average Bonchev–Trinajstić information content (AvgIpc) is 2.67. The van der Waals surface area contributed by atoms with Crippen LogP contribution in [0.4, 0.5) is 0 Å². The Hall–Kier alpha value is -2.20. The lowest BCUT2D eigenvalue weighted by Crippen LogP contribution is -2.50. The van der Waals surface area contributed by atoms with Gasteiger partial charge in [-0.25, -0.2) is 0 Å². The van der Waals surface area contributed by atoms with Crippen molar-refractivity contribution in [3.8, 4) is 0 Å². The molecule has 0 aliphatic heterocycles. The maximum atomic E-state index is 6.34. The van der Waals surface area contributed by atoms with Gasteiger partial charge in [-0.2, -0.15) is 0 Å². The van der Waals surface area contributed by atoms with E-state index in [9.17, 15) is 0 Å². The molecule has 122 valence electrons. The second-order valence-electron chi connectivity index (χ2n) is 5.86. The molecule has 0 amide bonds. The van der Waals surface area contributed by atoms with Gasteiger partial charge in [0.25, 0.3) is 0 Å². The second kappa shape index (κ2) is 8.06. The Bertz CT molecular complexity index is 686. The third kappa shape index (κ3) is 4.42. The predicted octanol–water partition coefficient (Wildman–Crippen LogP) is 4.40. The van der Waals surface area contributed by atoms with Crippen LogP contribution in [0.15, 0.2) is 91.0 Å². The van der Waals surface area contributed by atoms with Gasteiger partial charge in [0.15, 0.2) is 0 Å². The van der Waals surface area contributed by atoms with Crippen LogP contribution in [-0.4, -0.2) is 8.56 Å². The van der Waals surface area contributed by atoms with Crippen molar-refractivity contribution in [2.24, 2.45) is 0 Å². The van der Waals surface area contributed by atoms with Crippen molar-refractivity contribution in [2.75, 3.05) is 0 Å².